The summed E-state index contributed by atoms with van der Waals surface area (Å²) >= 11 is 0. The van der Waals surface area contributed by atoms with Crippen molar-refractivity contribution < 1.29 is 8.42 Å². The van der Waals surface area contributed by atoms with Gasteiger partial charge in [-0.2, -0.15) is 0 Å². The van der Waals surface area contributed by atoms with Crippen LogP contribution >= 0.6 is 0 Å². The maximum atomic E-state index is 10.9. The van der Waals surface area contributed by atoms with Gasteiger partial charge in [-0.25, -0.2) is 8.42 Å². The average molecular weight is 224 g/mol. The van der Waals surface area contributed by atoms with Gasteiger partial charge < -0.3 is 0 Å². The van der Waals surface area contributed by atoms with Gasteiger partial charge in [0.1, 0.15) is 0 Å². The zero-order valence-corrected chi connectivity index (χ0v) is 9.96. The van der Waals surface area contributed by atoms with Crippen molar-refractivity contribution in [3.63, 3.8) is 0 Å². The predicted octanol–water partition coefficient (Wildman–Crippen LogP) is 2.51. The molecule has 0 atom stereocenters. The van der Waals surface area contributed by atoms with E-state index in [1.54, 1.807) is 18.2 Å². The second-order valence-corrected chi connectivity index (χ2v) is 5.21. The maximum Gasteiger partial charge on any atom is 0.168 e. The van der Waals surface area contributed by atoms with Crippen molar-refractivity contribution in [3.05, 3.63) is 42.5 Å². The molecule has 0 saturated carbocycles. The average Bonchev–Trinajstić information content (AvgIpc) is 2.18. The minimum Gasteiger partial charge on any atom is -0.227 e. The van der Waals surface area contributed by atoms with Gasteiger partial charge in [0.05, 0.1) is 4.90 Å². The highest BCUT2D eigenvalue weighted by Gasteiger charge is 2.18. The van der Waals surface area contributed by atoms with E-state index in [0.717, 1.165) is 12.0 Å². The molecule has 0 aromatic heterocycles. The molecule has 1 rings (SSSR count). The molecule has 0 aliphatic carbocycles. The summed E-state index contributed by atoms with van der Waals surface area (Å²) in [5.41, 5.74) is 0.961. The Hall–Kier alpha value is -1.09. The SMILES string of the molecule is C=CCC(C)(C)c1cccc([SH](=O)=O)c1. The van der Waals surface area contributed by atoms with Crippen molar-refractivity contribution in [2.75, 3.05) is 0 Å². The van der Waals surface area contributed by atoms with Crippen molar-refractivity contribution in [1.29, 1.82) is 0 Å². The number of benzene rings is 1. The molecule has 0 aliphatic heterocycles. The molecule has 3 heteroatoms. The highest BCUT2D eigenvalue weighted by Crippen LogP contribution is 2.27. The van der Waals surface area contributed by atoms with Gasteiger partial charge in [-0.3, -0.25) is 0 Å². The molecule has 0 saturated heterocycles. The normalized spacial score (nSPS) is 11.7. The molecular weight excluding hydrogens is 208 g/mol. The molecular formula is C12H16O2S. The molecule has 0 heterocycles. The Kier molecular flexibility index (Phi) is 3.69. The summed E-state index contributed by atoms with van der Waals surface area (Å²) in [6.45, 7) is 7.86. The molecule has 0 bridgehead atoms. The van der Waals surface area contributed by atoms with Crippen LogP contribution in [-0.2, 0) is 16.1 Å². The van der Waals surface area contributed by atoms with Crippen LogP contribution in [-0.4, -0.2) is 8.42 Å². The van der Waals surface area contributed by atoms with Crippen LogP contribution in [0.2, 0.25) is 0 Å². The first-order valence-electron chi connectivity index (χ1n) is 4.83. The first kappa shape index (κ1) is 12.0. The van der Waals surface area contributed by atoms with Crippen LogP contribution in [0.25, 0.3) is 0 Å². The van der Waals surface area contributed by atoms with Crippen LogP contribution in [0.4, 0.5) is 0 Å². The molecule has 0 unspecified atom stereocenters. The third-order valence-electron chi connectivity index (χ3n) is 2.49. The minimum atomic E-state index is -2.49. The number of thiol groups is 1. The highest BCUT2D eigenvalue weighted by atomic mass is 32.2. The standard InChI is InChI=1S/C12H16O2S/c1-4-8-12(2,3)10-6-5-7-11(9-10)15(13)14/h4-7,9,15H,1,8H2,2-3H3. The van der Waals surface area contributed by atoms with Crippen LogP contribution in [0, 0.1) is 0 Å². The Balaban J connectivity index is 3.15. The summed E-state index contributed by atoms with van der Waals surface area (Å²) in [4.78, 5) is 0.375. The first-order chi connectivity index (χ1) is 6.97. The first-order valence-corrected chi connectivity index (χ1v) is 6.01. The number of hydrogen-bond acceptors (Lipinski definition) is 2. The fourth-order valence-electron chi connectivity index (χ4n) is 1.52. The Morgan fingerprint density at radius 3 is 2.60 bits per heavy atom. The summed E-state index contributed by atoms with van der Waals surface area (Å²) in [6, 6.07) is 7.07. The van der Waals surface area contributed by atoms with Crippen molar-refractivity contribution in [1.82, 2.24) is 0 Å². The Morgan fingerprint density at radius 2 is 2.07 bits per heavy atom. The molecule has 0 radical (unpaired) electrons. The summed E-state index contributed by atoms with van der Waals surface area (Å²) in [5.74, 6) is 0. The summed E-state index contributed by atoms with van der Waals surface area (Å²) in [5, 5.41) is 0. The Bertz CT molecular complexity index is 423. The molecule has 0 N–H and O–H groups in total. The van der Waals surface area contributed by atoms with Crippen LogP contribution in [0.15, 0.2) is 41.8 Å². The van der Waals surface area contributed by atoms with Gasteiger partial charge in [0, 0.05) is 0 Å². The molecule has 1 aromatic carbocycles. The largest absolute Gasteiger partial charge is 0.227 e. The van der Waals surface area contributed by atoms with Gasteiger partial charge in [-0.05, 0) is 29.5 Å². The molecule has 2 nitrogen and oxygen atoms in total. The van der Waals surface area contributed by atoms with E-state index in [-0.39, 0.29) is 5.41 Å². The molecule has 15 heavy (non-hydrogen) atoms. The fourth-order valence-corrected chi connectivity index (χ4v) is 1.97. The number of allylic oxidation sites excluding steroid dienone is 1. The lowest BCUT2D eigenvalue weighted by Crippen LogP contribution is -2.15. The molecule has 82 valence electrons. The monoisotopic (exact) mass is 224 g/mol. The number of hydrogen-bond donors (Lipinski definition) is 1. The van der Waals surface area contributed by atoms with Crippen molar-refractivity contribution in [3.8, 4) is 0 Å². The maximum absolute atomic E-state index is 10.9. The van der Waals surface area contributed by atoms with E-state index in [4.69, 9.17) is 0 Å². The molecule has 0 amide bonds. The zero-order valence-electron chi connectivity index (χ0n) is 9.06. The van der Waals surface area contributed by atoms with Gasteiger partial charge in [-0.1, -0.05) is 32.1 Å². The van der Waals surface area contributed by atoms with E-state index >= 15 is 0 Å². The van der Waals surface area contributed by atoms with Gasteiger partial charge in [0.25, 0.3) is 0 Å². The fraction of sp³-hybridized carbons (Fsp3) is 0.333. The smallest absolute Gasteiger partial charge is 0.168 e. The Labute approximate surface area is 92.6 Å². The van der Waals surface area contributed by atoms with Crippen LogP contribution in [0.1, 0.15) is 25.8 Å². The lowest BCUT2D eigenvalue weighted by Gasteiger charge is -2.23. The van der Waals surface area contributed by atoms with E-state index < -0.39 is 10.7 Å². The summed E-state index contributed by atoms with van der Waals surface area (Å²) in [7, 11) is -2.49. The Morgan fingerprint density at radius 1 is 1.40 bits per heavy atom. The lowest BCUT2D eigenvalue weighted by molar-refractivity contribution is 0.533. The van der Waals surface area contributed by atoms with Gasteiger partial charge in [-0.15, -0.1) is 6.58 Å². The van der Waals surface area contributed by atoms with E-state index in [1.807, 2.05) is 12.1 Å². The van der Waals surface area contributed by atoms with Crippen LogP contribution in [0.5, 0.6) is 0 Å². The predicted molar refractivity (Wildman–Crippen MR) is 62.9 cm³/mol. The molecule has 0 spiro atoms. The quantitative estimate of drug-likeness (QED) is 0.630. The summed E-state index contributed by atoms with van der Waals surface area (Å²) in [6.07, 6.45) is 2.68. The second-order valence-electron chi connectivity index (χ2n) is 4.18. The van der Waals surface area contributed by atoms with Crippen molar-refractivity contribution in [2.45, 2.75) is 30.6 Å². The van der Waals surface area contributed by atoms with Gasteiger partial charge >= 0.3 is 0 Å². The van der Waals surface area contributed by atoms with Crippen molar-refractivity contribution in [2.24, 2.45) is 0 Å². The topological polar surface area (TPSA) is 34.1 Å². The van der Waals surface area contributed by atoms with Crippen molar-refractivity contribution >= 4 is 10.7 Å². The summed E-state index contributed by atoms with van der Waals surface area (Å²) < 4.78 is 21.7. The molecule has 0 fully saturated rings. The third kappa shape index (κ3) is 2.93. The minimum absolute atomic E-state index is 0.0664. The number of rotatable bonds is 4. The highest BCUT2D eigenvalue weighted by molar-refractivity contribution is 7.72. The van der Waals surface area contributed by atoms with E-state index in [1.165, 1.54) is 0 Å². The molecule has 1 aromatic rings. The van der Waals surface area contributed by atoms with E-state index in [2.05, 4.69) is 20.4 Å². The zero-order chi connectivity index (χ0) is 11.5. The lowest BCUT2D eigenvalue weighted by atomic mass is 9.82. The molecule has 0 aliphatic rings. The van der Waals surface area contributed by atoms with E-state index in [9.17, 15) is 8.42 Å². The van der Waals surface area contributed by atoms with Crippen LogP contribution in [0.3, 0.4) is 0 Å². The van der Waals surface area contributed by atoms with Crippen LogP contribution < -0.4 is 0 Å². The van der Waals surface area contributed by atoms with Gasteiger partial charge in [0.2, 0.25) is 0 Å². The van der Waals surface area contributed by atoms with Gasteiger partial charge in [0.15, 0.2) is 10.7 Å². The third-order valence-corrected chi connectivity index (χ3v) is 3.19. The van der Waals surface area contributed by atoms with E-state index in [0.29, 0.717) is 4.90 Å². The second kappa shape index (κ2) is 4.62.